The molecule has 0 radical (unpaired) electrons. The molecule has 1 saturated carbocycles. The minimum absolute atomic E-state index is 0.182. The van der Waals surface area contributed by atoms with E-state index in [4.69, 9.17) is 0 Å². The lowest BCUT2D eigenvalue weighted by molar-refractivity contribution is 0.370. The highest BCUT2D eigenvalue weighted by molar-refractivity contribution is 5.42. The summed E-state index contributed by atoms with van der Waals surface area (Å²) < 4.78 is 13.9. The van der Waals surface area contributed by atoms with Gasteiger partial charge in [-0.3, -0.25) is 0 Å². The van der Waals surface area contributed by atoms with Crippen LogP contribution in [0, 0.1) is 11.7 Å². The maximum Gasteiger partial charge on any atom is 0.165 e. The predicted molar refractivity (Wildman–Crippen MR) is 70.2 cm³/mol. The Labute approximate surface area is 107 Å². The van der Waals surface area contributed by atoms with Crippen molar-refractivity contribution in [3.8, 4) is 0 Å². The highest BCUT2D eigenvalue weighted by Gasteiger charge is 2.33. The number of nitrogens with one attached hydrogen (secondary N) is 1. The molecular weight excluding hydrogens is 229 g/mol. The van der Waals surface area contributed by atoms with E-state index in [0.717, 1.165) is 19.6 Å². The van der Waals surface area contributed by atoms with Gasteiger partial charge in [0.05, 0.1) is 0 Å². The van der Waals surface area contributed by atoms with Crippen LogP contribution in [0.3, 0.4) is 0 Å². The van der Waals surface area contributed by atoms with Crippen LogP contribution in [0.2, 0.25) is 0 Å². The van der Waals surface area contributed by atoms with E-state index in [-0.39, 0.29) is 5.82 Å². The van der Waals surface area contributed by atoms with Gasteiger partial charge in [-0.25, -0.2) is 9.37 Å². The number of rotatable bonds is 4. The molecule has 1 aliphatic carbocycles. The first kappa shape index (κ1) is 11.9. The van der Waals surface area contributed by atoms with E-state index < -0.39 is 0 Å². The highest BCUT2D eigenvalue weighted by Crippen LogP contribution is 2.33. The third-order valence-corrected chi connectivity index (χ3v) is 3.91. The van der Waals surface area contributed by atoms with Gasteiger partial charge in [0.2, 0.25) is 0 Å². The van der Waals surface area contributed by atoms with Crippen molar-refractivity contribution in [2.45, 2.75) is 31.7 Å². The molecule has 2 heterocycles. The Morgan fingerprint density at radius 2 is 2.06 bits per heavy atom. The summed E-state index contributed by atoms with van der Waals surface area (Å²) in [5, 5.41) is 3.38. The molecule has 0 atom stereocenters. The number of hydrogen-bond donors (Lipinski definition) is 1. The van der Waals surface area contributed by atoms with Crippen LogP contribution in [0.4, 0.5) is 10.2 Å². The molecule has 18 heavy (non-hydrogen) atoms. The Morgan fingerprint density at radius 1 is 1.28 bits per heavy atom. The van der Waals surface area contributed by atoms with Gasteiger partial charge in [0, 0.05) is 18.8 Å². The first-order valence-electron chi connectivity index (χ1n) is 6.92. The van der Waals surface area contributed by atoms with Crippen molar-refractivity contribution in [3.63, 3.8) is 0 Å². The van der Waals surface area contributed by atoms with Gasteiger partial charge in [0.1, 0.15) is 0 Å². The molecule has 0 spiro atoms. The molecule has 3 nitrogen and oxygen atoms in total. The molecule has 1 aromatic rings. The standard InChI is InChI=1S/C14H20FN3/c15-13-2-1-7-17-14(13)18(12-3-4-12)10-11-5-8-16-9-6-11/h1-2,7,11-12,16H,3-6,8-10H2. The Balaban J connectivity index is 1.73. The van der Waals surface area contributed by atoms with Crippen LogP contribution in [0.5, 0.6) is 0 Å². The number of nitrogens with zero attached hydrogens (tertiary/aromatic N) is 2. The molecule has 2 fully saturated rings. The Bertz CT molecular complexity index is 400. The van der Waals surface area contributed by atoms with Crippen LogP contribution < -0.4 is 10.2 Å². The Hall–Kier alpha value is -1.16. The van der Waals surface area contributed by atoms with Crippen molar-refractivity contribution >= 4 is 5.82 Å². The average molecular weight is 249 g/mol. The number of aromatic nitrogens is 1. The van der Waals surface area contributed by atoms with Crippen LogP contribution in [0.25, 0.3) is 0 Å². The number of hydrogen-bond acceptors (Lipinski definition) is 3. The molecule has 0 aromatic carbocycles. The van der Waals surface area contributed by atoms with E-state index >= 15 is 0 Å². The van der Waals surface area contributed by atoms with Crippen LogP contribution in [0.15, 0.2) is 18.3 Å². The van der Waals surface area contributed by atoms with Crippen molar-refractivity contribution in [1.29, 1.82) is 0 Å². The van der Waals surface area contributed by atoms with E-state index in [1.54, 1.807) is 12.3 Å². The SMILES string of the molecule is Fc1cccnc1N(CC1CCNCC1)C1CC1. The topological polar surface area (TPSA) is 28.2 Å². The maximum absolute atomic E-state index is 13.9. The number of anilines is 1. The van der Waals surface area contributed by atoms with Crippen LogP contribution in [0.1, 0.15) is 25.7 Å². The zero-order valence-corrected chi connectivity index (χ0v) is 10.6. The first-order valence-corrected chi connectivity index (χ1v) is 6.92. The Kier molecular flexibility index (Phi) is 3.46. The summed E-state index contributed by atoms with van der Waals surface area (Å²) in [7, 11) is 0. The summed E-state index contributed by atoms with van der Waals surface area (Å²) >= 11 is 0. The van der Waals surface area contributed by atoms with E-state index in [1.165, 1.54) is 31.7 Å². The predicted octanol–water partition coefficient (Wildman–Crippen LogP) is 2.19. The van der Waals surface area contributed by atoms with Gasteiger partial charge >= 0.3 is 0 Å². The third kappa shape index (κ3) is 2.64. The summed E-state index contributed by atoms with van der Waals surface area (Å²) in [6, 6.07) is 3.69. The van der Waals surface area contributed by atoms with Crippen molar-refractivity contribution < 1.29 is 4.39 Å². The summed E-state index contributed by atoms with van der Waals surface area (Å²) in [6.45, 7) is 3.14. The Morgan fingerprint density at radius 3 is 2.72 bits per heavy atom. The average Bonchev–Trinajstić information content (AvgIpc) is 3.23. The van der Waals surface area contributed by atoms with Crippen LogP contribution >= 0.6 is 0 Å². The van der Waals surface area contributed by atoms with Crippen LogP contribution in [-0.4, -0.2) is 30.7 Å². The third-order valence-electron chi connectivity index (χ3n) is 3.91. The summed E-state index contributed by atoms with van der Waals surface area (Å²) in [4.78, 5) is 6.44. The second-order valence-electron chi connectivity index (χ2n) is 5.39. The molecule has 1 aliphatic heterocycles. The first-order chi connectivity index (χ1) is 8.84. The molecule has 1 N–H and O–H groups in total. The number of piperidine rings is 1. The van der Waals surface area contributed by atoms with E-state index in [2.05, 4.69) is 15.2 Å². The molecule has 0 unspecified atom stereocenters. The lowest BCUT2D eigenvalue weighted by atomic mass is 9.97. The summed E-state index contributed by atoms with van der Waals surface area (Å²) in [5.41, 5.74) is 0. The van der Waals surface area contributed by atoms with E-state index in [1.807, 2.05) is 0 Å². The largest absolute Gasteiger partial charge is 0.351 e. The van der Waals surface area contributed by atoms with Crippen molar-refractivity contribution in [1.82, 2.24) is 10.3 Å². The molecule has 0 amide bonds. The minimum atomic E-state index is -0.182. The minimum Gasteiger partial charge on any atom is -0.351 e. The smallest absolute Gasteiger partial charge is 0.165 e. The molecule has 2 aliphatic rings. The molecule has 3 rings (SSSR count). The van der Waals surface area contributed by atoms with Gasteiger partial charge in [-0.1, -0.05) is 0 Å². The van der Waals surface area contributed by atoms with Gasteiger partial charge in [0.15, 0.2) is 11.6 Å². The monoisotopic (exact) mass is 249 g/mol. The van der Waals surface area contributed by atoms with Crippen molar-refractivity contribution in [2.75, 3.05) is 24.5 Å². The molecular formula is C14H20FN3. The molecule has 98 valence electrons. The molecule has 4 heteroatoms. The number of pyridine rings is 1. The summed E-state index contributed by atoms with van der Waals surface area (Å²) in [5.74, 6) is 1.05. The van der Waals surface area contributed by atoms with Crippen molar-refractivity contribution in [2.24, 2.45) is 5.92 Å². The van der Waals surface area contributed by atoms with Gasteiger partial charge in [0.25, 0.3) is 0 Å². The van der Waals surface area contributed by atoms with E-state index in [0.29, 0.717) is 17.8 Å². The van der Waals surface area contributed by atoms with Gasteiger partial charge in [-0.2, -0.15) is 0 Å². The fourth-order valence-corrected chi connectivity index (χ4v) is 2.73. The van der Waals surface area contributed by atoms with Gasteiger partial charge in [-0.15, -0.1) is 0 Å². The number of halogens is 1. The van der Waals surface area contributed by atoms with Crippen molar-refractivity contribution in [3.05, 3.63) is 24.1 Å². The normalized spacial score (nSPS) is 20.9. The van der Waals surface area contributed by atoms with Gasteiger partial charge in [-0.05, 0) is 56.8 Å². The second-order valence-corrected chi connectivity index (χ2v) is 5.39. The zero-order chi connectivity index (χ0) is 12.4. The van der Waals surface area contributed by atoms with E-state index in [9.17, 15) is 4.39 Å². The fourth-order valence-electron chi connectivity index (χ4n) is 2.73. The lowest BCUT2D eigenvalue weighted by Crippen LogP contribution is -2.38. The molecule has 0 bridgehead atoms. The molecule has 1 aromatic heterocycles. The summed E-state index contributed by atoms with van der Waals surface area (Å²) in [6.07, 6.45) is 6.44. The molecule has 1 saturated heterocycles. The fraction of sp³-hybridized carbons (Fsp3) is 0.643. The van der Waals surface area contributed by atoms with Gasteiger partial charge < -0.3 is 10.2 Å². The quantitative estimate of drug-likeness (QED) is 0.886. The lowest BCUT2D eigenvalue weighted by Gasteiger charge is -2.31. The highest BCUT2D eigenvalue weighted by atomic mass is 19.1. The second kappa shape index (κ2) is 5.22. The zero-order valence-electron chi connectivity index (χ0n) is 10.6. The van der Waals surface area contributed by atoms with Crippen LogP contribution in [-0.2, 0) is 0 Å². The maximum atomic E-state index is 13.9.